The van der Waals surface area contributed by atoms with Crippen LogP contribution in [0, 0.1) is 22.7 Å². The van der Waals surface area contributed by atoms with Crippen LogP contribution in [0.5, 0.6) is 0 Å². The SMILES string of the molecule is CN[C@@H](C)C(=O)N[C@H](C(=O)N1CCCC1C(=O)N[C@H](COCCCCCCOC[C@@H](NC(=O)C1CCCN1C(=O)[C@@H](NC(=O)[C@H](C)NC)C(C)(C)C)C1CCCCC1)C1CCCCC1)C(C)(C)C. The predicted molar refractivity (Wildman–Crippen MR) is 266 cm³/mol. The van der Waals surface area contributed by atoms with Crippen LogP contribution in [-0.4, -0.2) is 147 Å². The number of hydrogen-bond acceptors (Lipinski definition) is 10. The summed E-state index contributed by atoms with van der Waals surface area (Å²) in [6.45, 7) is 18.2. The Kier molecular flexibility index (Phi) is 23.5. The van der Waals surface area contributed by atoms with Gasteiger partial charge in [-0.25, -0.2) is 0 Å². The molecular formula is C52H94N8O8. The Labute approximate surface area is 409 Å². The average Bonchev–Trinajstić information content (AvgIpc) is 4.02. The summed E-state index contributed by atoms with van der Waals surface area (Å²) in [5, 5.41) is 18.5. The molecule has 2 saturated heterocycles. The fourth-order valence-electron chi connectivity index (χ4n) is 10.4. The Hall–Kier alpha value is -3.34. The van der Waals surface area contributed by atoms with E-state index in [4.69, 9.17) is 9.47 Å². The van der Waals surface area contributed by atoms with Gasteiger partial charge in [-0.1, -0.05) is 92.9 Å². The lowest BCUT2D eigenvalue weighted by atomic mass is 9.84. The van der Waals surface area contributed by atoms with Crippen LogP contribution in [0.2, 0.25) is 0 Å². The lowest BCUT2D eigenvalue weighted by Crippen LogP contribution is -2.60. The lowest BCUT2D eigenvalue weighted by Gasteiger charge is -2.37. The van der Waals surface area contributed by atoms with Crippen LogP contribution in [0.15, 0.2) is 0 Å². The molecule has 2 unspecified atom stereocenters. The molecule has 8 atom stereocenters. The van der Waals surface area contributed by atoms with Gasteiger partial charge < -0.3 is 51.2 Å². The normalized spacial score (nSPS) is 22.4. The van der Waals surface area contributed by atoms with E-state index in [1.807, 2.05) is 41.5 Å². The molecule has 0 aromatic rings. The molecular weight excluding hydrogens is 865 g/mol. The molecule has 2 heterocycles. The second kappa shape index (κ2) is 27.9. The van der Waals surface area contributed by atoms with E-state index in [9.17, 15) is 28.8 Å². The van der Waals surface area contributed by atoms with Crippen molar-refractivity contribution in [2.75, 3.05) is 53.6 Å². The maximum absolute atomic E-state index is 14.0. The molecule has 2 saturated carbocycles. The molecule has 6 amide bonds. The molecule has 4 aliphatic rings. The highest BCUT2D eigenvalue weighted by Gasteiger charge is 2.45. The maximum Gasteiger partial charge on any atom is 0.246 e. The Morgan fingerprint density at radius 2 is 0.853 bits per heavy atom. The summed E-state index contributed by atoms with van der Waals surface area (Å²) in [6, 6.07) is -3.83. The topological polar surface area (TPSA) is 200 Å². The Bertz CT molecular complexity index is 1490. The molecule has 16 nitrogen and oxygen atoms in total. The van der Waals surface area contributed by atoms with E-state index < -0.39 is 47.1 Å². The fraction of sp³-hybridized carbons (Fsp3) is 0.885. The van der Waals surface area contributed by atoms with Crippen LogP contribution < -0.4 is 31.9 Å². The van der Waals surface area contributed by atoms with Crippen LogP contribution in [0.3, 0.4) is 0 Å². The van der Waals surface area contributed by atoms with E-state index in [2.05, 4.69) is 31.9 Å². The minimum Gasteiger partial charge on any atom is -0.379 e. The second-order valence-corrected chi connectivity index (χ2v) is 22.6. The number of carbonyl (C=O) groups excluding carboxylic acids is 6. The van der Waals surface area contributed by atoms with E-state index >= 15 is 0 Å². The number of unbranched alkanes of at least 4 members (excludes halogenated alkanes) is 3. The first-order valence-corrected chi connectivity index (χ1v) is 26.6. The third-order valence-corrected chi connectivity index (χ3v) is 15.1. The van der Waals surface area contributed by atoms with Gasteiger partial charge in [0.2, 0.25) is 35.4 Å². The second-order valence-electron chi connectivity index (χ2n) is 22.6. The average molecular weight is 959 g/mol. The van der Waals surface area contributed by atoms with Crippen molar-refractivity contribution in [3.63, 3.8) is 0 Å². The largest absolute Gasteiger partial charge is 0.379 e. The van der Waals surface area contributed by atoms with Crippen molar-refractivity contribution in [2.45, 2.75) is 219 Å². The zero-order chi connectivity index (χ0) is 50.0. The lowest BCUT2D eigenvalue weighted by molar-refractivity contribution is -0.144. The van der Waals surface area contributed by atoms with Gasteiger partial charge >= 0.3 is 0 Å². The number of likely N-dealkylation sites (tertiary alicyclic amines) is 2. The first kappa shape index (κ1) is 57.2. The molecule has 4 fully saturated rings. The molecule has 0 bridgehead atoms. The van der Waals surface area contributed by atoms with Crippen LogP contribution >= 0.6 is 0 Å². The highest BCUT2D eigenvalue weighted by atomic mass is 16.5. The highest BCUT2D eigenvalue weighted by molar-refractivity contribution is 5.95. The van der Waals surface area contributed by atoms with Crippen molar-refractivity contribution in [1.82, 2.24) is 41.7 Å². The van der Waals surface area contributed by atoms with Gasteiger partial charge in [0.05, 0.1) is 37.4 Å². The smallest absolute Gasteiger partial charge is 0.246 e. The summed E-state index contributed by atoms with van der Waals surface area (Å²) < 4.78 is 12.5. The molecule has 6 N–H and O–H groups in total. The molecule has 2 aliphatic carbocycles. The molecule has 2 aliphatic heterocycles. The van der Waals surface area contributed by atoms with Gasteiger partial charge in [0, 0.05) is 26.3 Å². The van der Waals surface area contributed by atoms with E-state index in [0.717, 1.165) is 89.9 Å². The van der Waals surface area contributed by atoms with Gasteiger partial charge in [-0.2, -0.15) is 0 Å². The molecule has 390 valence electrons. The monoisotopic (exact) mass is 959 g/mol. The number of nitrogens with zero attached hydrogens (tertiary/aromatic N) is 2. The first-order chi connectivity index (χ1) is 32.3. The summed E-state index contributed by atoms with van der Waals surface area (Å²) in [5.74, 6) is -0.534. The maximum atomic E-state index is 14.0. The van der Waals surface area contributed by atoms with Crippen LogP contribution in [0.1, 0.15) is 171 Å². The summed E-state index contributed by atoms with van der Waals surface area (Å²) in [6.07, 6.45) is 17.5. The van der Waals surface area contributed by atoms with Crippen molar-refractivity contribution in [2.24, 2.45) is 22.7 Å². The summed E-state index contributed by atoms with van der Waals surface area (Å²) in [7, 11) is 3.42. The zero-order valence-electron chi connectivity index (χ0n) is 43.9. The number of hydrogen-bond donors (Lipinski definition) is 6. The van der Waals surface area contributed by atoms with Crippen LogP contribution in [0.25, 0.3) is 0 Å². The number of nitrogens with one attached hydrogen (secondary N) is 6. The van der Waals surface area contributed by atoms with Gasteiger partial charge in [-0.3, -0.25) is 28.8 Å². The van der Waals surface area contributed by atoms with Gasteiger partial charge in [0.1, 0.15) is 24.2 Å². The third kappa shape index (κ3) is 17.2. The molecule has 68 heavy (non-hydrogen) atoms. The number of likely N-dealkylation sites (N-methyl/N-ethyl adjacent to an activating group) is 2. The number of ether oxygens (including phenoxy) is 2. The van der Waals surface area contributed by atoms with Crippen molar-refractivity contribution < 1.29 is 38.2 Å². The van der Waals surface area contributed by atoms with Crippen LogP contribution in [-0.2, 0) is 38.2 Å². The van der Waals surface area contributed by atoms with Gasteiger partial charge in [-0.05, 0) is 115 Å². The Balaban J connectivity index is 1.23. The molecule has 4 rings (SSSR count). The van der Waals surface area contributed by atoms with Gasteiger partial charge in [-0.15, -0.1) is 0 Å². The summed E-state index contributed by atoms with van der Waals surface area (Å²) in [4.78, 5) is 85.1. The van der Waals surface area contributed by atoms with E-state index in [-0.39, 0.29) is 47.5 Å². The minimum absolute atomic E-state index is 0.126. The van der Waals surface area contributed by atoms with E-state index in [1.54, 1.807) is 37.7 Å². The van der Waals surface area contributed by atoms with Gasteiger partial charge in [0.15, 0.2) is 0 Å². The summed E-state index contributed by atoms with van der Waals surface area (Å²) in [5.41, 5.74) is -1.08. The predicted octanol–water partition coefficient (Wildman–Crippen LogP) is 4.97. The number of amides is 6. The molecule has 0 radical (unpaired) electrons. The number of rotatable bonds is 25. The minimum atomic E-state index is -0.758. The third-order valence-electron chi connectivity index (χ3n) is 15.1. The summed E-state index contributed by atoms with van der Waals surface area (Å²) >= 11 is 0. The quantitative estimate of drug-likeness (QED) is 0.0680. The van der Waals surface area contributed by atoms with Crippen LogP contribution in [0.4, 0.5) is 0 Å². The van der Waals surface area contributed by atoms with Gasteiger partial charge in [0.25, 0.3) is 0 Å². The molecule has 0 aromatic heterocycles. The van der Waals surface area contributed by atoms with Crippen molar-refractivity contribution in [3.05, 3.63) is 0 Å². The zero-order valence-corrected chi connectivity index (χ0v) is 43.9. The fourth-order valence-corrected chi connectivity index (χ4v) is 10.4. The molecule has 0 spiro atoms. The molecule has 16 heteroatoms. The van der Waals surface area contributed by atoms with Crippen molar-refractivity contribution in [1.29, 1.82) is 0 Å². The molecule has 0 aromatic carbocycles. The van der Waals surface area contributed by atoms with E-state index in [1.165, 1.54) is 12.8 Å². The Morgan fingerprint density at radius 1 is 0.500 bits per heavy atom. The number of carbonyl (C=O) groups is 6. The van der Waals surface area contributed by atoms with Crippen molar-refractivity contribution >= 4 is 35.4 Å². The highest BCUT2D eigenvalue weighted by Crippen LogP contribution is 2.31. The first-order valence-electron chi connectivity index (χ1n) is 26.6. The van der Waals surface area contributed by atoms with E-state index in [0.29, 0.717) is 64.2 Å². The Morgan fingerprint density at radius 3 is 1.18 bits per heavy atom. The van der Waals surface area contributed by atoms with Crippen molar-refractivity contribution in [3.8, 4) is 0 Å². The standard InChI is InChI=1S/C52H94N8O8/c1-35(53-9)45(61)57-43(51(3,4)5)49(65)59-29-21-27-41(59)47(63)55-39(37-23-15-13-16-24-37)33-67-31-19-11-12-20-32-68-34-40(38-25-17-14-18-26-38)56-48(64)42-28-22-30-60(42)50(66)44(52(6,7)8)58-46(62)36(2)54-10/h35-44,53-54H,11-34H2,1-10H3,(H,55,63)(H,56,64)(H,57,61)(H,58,62)/t35-,36-,39+,40+,41?,42?,43+,44+/m0/s1.